The van der Waals surface area contributed by atoms with Crippen molar-refractivity contribution in [2.75, 3.05) is 17.7 Å². The zero-order valence-electron chi connectivity index (χ0n) is 17.2. The van der Waals surface area contributed by atoms with Crippen molar-refractivity contribution < 1.29 is 45.0 Å². The van der Waals surface area contributed by atoms with Crippen LogP contribution < -0.4 is 5.32 Å². The molecule has 0 spiro atoms. The predicted octanol–water partition coefficient (Wildman–Crippen LogP) is 3.39. The standard InChI is InChI=1S/C17H19N3O10S3/c1-11-9-15(18-12(2)21)16(10-17(11)33(25,26)27)20-19-13-3-5-14(6-4-13)32(23,24)8-7-28-31-30-29-22/h3-6,9-10,22H,7-8H2,1-2H3,(H,18,21)(H,25,26,27). The molecule has 2 aromatic rings. The largest absolute Gasteiger partial charge is 0.324 e. The molecule has 2 rings (SSSR count). The summed E-state index contributed by atoms with van der Waals surface area (Å²) < 4.78 is 65.8. The average molecular weight is 522 g/mol. The second-order valence-electron chi connectivity index (χ2n) is 6.34. The van der Waals surface area contributed by atoms with Crippen molar-refractivity contribution >= 4 is 55.2 Å². The summed E-state index contributed by atoms with van der Waals surface area (Å²) in [6, 6.07) is 7.69. The van der Waals surface area contributed by atoms with E-state index in [2.05, 4.69) is 24.9 Å². The first-order valence-corrected chi connectivity index (χ1v) is 12.6. The molecule has 2 aromatic carbocycles. The Morgan fingerprint density at radius 3 is 2.36 bits per heavy atom. The van der Waals surface area contributed by atoms with E-state index < -0.39 is 30.8 Å². The molecule has 0 saturated carbocycles. The minimum absolute atomic E-state index is 0.0164. The van der Waals surface area contributed by atoms with Gasteiger partial charge in [-0.25, -0.2) is 13.7 Å². The Morgan fingerprint density at radius 2 is 1.79 bits per heavy atom. The van der Waals surface area contributed by atoms with Gasteiger partial charge in [0.2, 0.25) is 5.91 Å². The maximum Gasteiger partial charge on any atom is 0.294 e. The van der Waals surface area contributed by atoms with E-state index in [9.17, 15) is 26.2 Å². The van der Waals surface area contributed by atoms with Crippen molar-refractivity contribution in [3.8, 4) is 0 Å². The Labute approximate surface area is 193 Å². The fraction of sp³-hybridized carbons (Fsp3) is 0.235. The highest BCUT2D eigenvalue weighted by Crippen LogP contribution is 2.32. The van der Waals surface area contributed by atoms with E-state index in [0.29, 0.717) is 0 Å². The first-order chi connectivity index (χ1) is 15.4. The van der Waals surface area contributed by atoms with Gasteiger partial charge in [0.1, 0.15) is 5.69 Å². The first-order valence-electron chi connectivity index (χ1n) is 8.84. The van der Waals surface area contributed by atoms with E-state index in [1.54, 1.807) is 0 Å². The predicted molar refractivity (Wildman–Crippen MR) is 116 cm³/mol. The van der Waals surface area contributed by atoms with Crippen molar-refractivity contribution in [1.82, 2.24) is 0 Å². The number of aryl methyl sites for hydroxylation is 1. The van der Waals surface area contributed by atoms with Gasteiger partial charge in [0.05, 0.1) is 33.5 Å². The molecule has 0 heterocycles. The molecular formula is C17H19N3O10S3. The van der Waals surface area contributed by atoms with E-state index in [-0.39, 0.29) is 52.2 Å². The molecule has 0 radical (unpaired) electrons. The lowest BCUT2D eigenvalue weighted by molar-refractivity contribution is -0.434. The van der Waals surface area contributed by atoms with Crippen molar-refractivity contribution in [2.45, 2.75) is 23.6 Å². The summed E-state index contributed by atoms with van der Waals surface area (Å²) in [7, 11) is -8.23. The third-order valence-electron chi connectivity index (χ3n) is 3.89. The van der Waals surface area contributed by atoms with Crippen LogP contribution in [-0.2, 0) is 38.3 Å². The number of rotatable bonds is 11. The van der Waals surface area contributed by atoms with Crippen LogP contribution in [0.2, 0.25) is 0 Å². The van der Waals surface area contributed by atoms with Gasteiger partial charge in [-0.05, 0) is 48.9 Å². The molecule has 180 valence electrons. The van der Waals surface area contributed by atoms with Crippen molar-refractivity contribution in [1.29, 1.82) is 0 Å². The molecular weight excluding hydrogens is 502 g/mol. The van der Waals surface area contributed by atoms with Crippen LogP contribution in [0.5, 0.6) is 0 Å². The van der Waals surface area contributed by atoms with Crippen LogP contribution in [0, 0.1) is 6.92 Å². The number of azo groups is 1. The monoisotopic (exact) mass is 521 g/mol. The highest BCUT2D eigenvalue weighted by molar-refractivity contribution is 7.91. The number of amides is 1. The van der Waals surface area contributed by atoms with Gasteiger partial charge in [-0.2, -0.15) is 13.5 Å². The van der Waals surface area contributed by atoms with Crippen LogP contribution in [0.1, 0.15) is 12.5 Å². The second kappa shape index (κ2) is 11.6. The van der Waals surface area contributed by atoms with E-state index in [1.165, 1.54) is 44.2 Å². The number of hydrogen-bond acceptors (Lipinski definition) is 12. The topological polar surface area (TPSA) is 190 Å². The van der Waals surface area contributed by atoms with Gasteiger partial charge in [0, 0.05) is 6.92 Å². The molecule has 16 heteroatoms. The molecule has 0 aliphatic rings. The molecule has 0 fully saturated rings. The number of nitrogens with one attached hydrogen (secondary N) is 1. The summed E-state index contributed by atoms with van der Waals surface area (Å²) >= 11 is 0.260. The number of benzene rings is 2. The van der Waals surface area contributed by atoms with Crippen LogP contribution in [0.15, 0.2) is 56.4 Å². The van der Waals surface area contributed by atoms with Gasteiger partial charge in [-0.3, -0.25) is 13.5 Å². The minimum atomic E-state index is -4.54. The molecule has 13 nitrogen and oxygen atoms in total. The van der Waals surface area contributed by atoms with Crippen molar-refractivity contribution in [2.24, 2.45) is 10.2 Å². The number of sulfone groups is 1. The molecule has 33 heavy (non-hydrogen) atoms. The van der Waals surface area contributed by atoms with E-state index in [0.717, 1.165) is 6.07 Å². The van der Waals surface area contributed by atoms with Crippen LogP contribution in [0.3, 0.4) is 0 Å². The summed E-state index contributed by atoms with van der Waals surface area (Å²) in [5, 5.41) is 21.6. The highest BCUT2D eigenvalue weighted by atomic mass is 32.2. The normalized spacial score (nSPS) is 12.2. The first kappa shape index (κ1) is 26.8. The van der Waals surface area contributed by atoms with Gasteiger partial charge in [0.25, 0.3) is 10.1 Å². The Kier molecular flexibility index (Phi) is 9.44. The maximum absolute atomic E-state index is 12.3. The summed E-state index contributed by atoms with van der Waals surface area (Å²) in [5.74, 6) is -0.810. The Balaban J connectivity index is 2.24. The number of carbonyl (C=O) groups excluding carboxylic acids is 1. The summed E-state index contributed by atoms with van der Waals surface area (Å²) in [5.41, 5.74) is 0.553. The molecule has 0 unspecified atom stereocenters. The highest BCUT2D eigenvalue weighted by Gasteiger charge is 2.18. The molecule has 0 aliphatic carbocycles. The minimum Gasteiger partial charge on any atom is -0.324 e. The molecule has 0 atom stereocenters. The smallest absolute Gasteiger partial charge is 0.294 e. The zero-order chi connectivity index (χ0) is 24.6. The van der Waals surface area contributed by atoms with Gasteiger partial charge in [0.15, 0.2) is 22.2 Å². The summed E-state index contributed by atoms with van der Waals surface area (Å²) in [6.45, 7) is 2.45. The van der Waals surface area contributed by atoms with Crippen LogP contribution in [-0.4, -0.2) is 44.9 Å². The third-order valence-corrected chi connectivity index (χ3v) is 6.96. The number of carbonyl (C=O) groups is 1. The van der Waals surface area contributed by atoms with Gasteiger partial charge in [-0.15, -0.1) is 9.45 Å². The Bertz CT molecular complexity index is 1230. The Morgan fingerprint density at radius 1 is 1.12 bits per heavy atom. The lowest BCUT2D eigenvalue weighted by Crippen LogP contribution is -2.10. The summed E-state index contributed by atoms with van der Waals surface area (Å²) in [4.78, 5) is 11.0. The lowest BCUT2D eigenvalue weighted by atomic mass is 10.2. The SMILES string of the molecule is CC(=O)Nc1cc(C)c(S(=O)(=O)O)cc1N=Nc1ccc(S(=O)(=O)CCOSOOO)cc1. The van der Waals surface area contributed by atoms with Crippen molar-refractivity contribution in [3.63, 3.8) is 0 Å². The van der Waals surface area contributed by atoms with E-state index in [1.807, 2.05) is 0 Å². The van der Waals surface area contributed by atoms with Crippen molar-refractivity contribution in [3.05, 3.63) is 42.0 Å². The van der Waals surface area contributed by atoms with E-state index >= 15 is 0 Å². The molecule has 1 amide bonds. The van der Waals surface area contributed by atoms with Gasteiger partial charge in [-0.1, -0.05) is 5.04 Å². The zero-order valence-corrected chi connectivity index (χ0v) is 19.6. The van der Waals surface area contributed by atoms with Gasteiger partial charge >= 0.3 is 0 Å². The summed E-state index contributed by atoms with van der Waals surface area (Å²) in [6.07, 6.45) is 0. The number of hydrogen-bond donors (Lipinski definition) is 3. The maximum atomic E-state index is 12.3. The molecule has 0 bridgehead atoms. The Hall–Kier alpha value is -2.44. The quantitative estimate of drug-likeness (QED) is 0.0980. The van der Waals surface area contributed by atoms with E-state index in [4.69, 9.17) is 9.44 Å². The average Bonchev–Trinajstić information content (AvgIpc) is 2.72. The number of nitrogens with zero attached hydrogens (tertiary/aromatic N) is 2. The molecule has 3 N–H and O–H groups in total. The molecule has 0 aliphatic heterocycles. The van der Waals surface area contributed by atoms with Crippen LogP contribution in [0.4, 0.5) is 17.1 Å². The molecule has 0 aromatic heterocycles. The van der Waals surface area contributed by atoms with Gasteiger partial charge < -0.3 is 5.32 Å². The fourth-order valence-electron chi connectivity index (χ4n) is 2.49. The lowest BCUT2D eigenvalue weighted by Gasteiger charge is -2.10. The van der Waals surface area contributed by atoms with Crippen LogP contribution in [0.25, 0.3) is 0 Å². The fourth-order valence-corrected chi connectivity index (χ4v) is 4.62. The number of anilines is 1. The molecule has 0 saturated heterocycles. The third kappa shape index (κ3) is 8.13. The van der Waals surface area contributed by atoms with Crippen LogP contribution >= 0.6 is 12.3 Å². The second-order valence-corrected chi connectivity index (χ2v) is 10.3.